The van der Waals surface area contributed by atoms with Gasteiger partial charge in [0.1, 0.15) is 6.54 Å². The molecule has 1 saturated heterocycles. The van der Waals surface area contributed by atoms with E-state index in [0.717, 1.165) is 25.7 Å². The molecule has 1 aliphatic heterocycles. The molecule has 0 bridgehead atoms. The molecule has 142 valence electrons. The number of carboxylic acid groups (broad SMARTS) is 1. The van der Waals surface area contributed by atoms with E-state index in [0.29, 0.717) is 25.6 Å². The van der Waals surface area contributed by atoms with Gasteiger partial charge in [0.25, 0.3) is 0 Å². The van der Waals surface area contributed by atoms with Crippen LogP contribution in [0.5, 0.6) is 0 Å². The van der Waals surface area contributed by atoms with Gasteiger partial charge in [-0.05, 0) is 45.7 Å². The van der Waals surface area contributed by atoms with Gasteiger partial charge in [-0.3, -0.25) is 14.4 Å². The van der Waals surface area contributed by atoms with E-state index in [4.69, 9.17) is 5.11 Å². The van der Waals surface area contributed by atoms with Gasteiger partial charge in [0.05, 0.1) is 5.92 Å². The van der Waals surface area contributed by atoms with Crippen LogP contribution >= 0.6 is 0 Å². The Morgan fingerprint density at radius 3 is 2.36 bits per heavy atom. The van der Waals surface area contributed by atoms with Gasteiger partial charge in [-0.1, -0.05) is 6.92 Å². The van der Waals surface area contributed by atoms with E-state index in [2.05, 4.69) is 6.92 Å². The summed E-state index contributed by atoms with van der Waals surface area (Å²) >= 11 is 0. The first kappa shape index (κ1) is 19.7. The first-order valence-corrected chi connectivity index (χ1v) is 9.22. The Balaban J connectivity index is 1.97. The summed E-state index contributed by atoms with van der Waals surface area (Å²) in [5.74, 6) is -0.878. The van der Waals surface area contributed by atoms with Gasteiger partial charge in [-0.2, -0.15) is 0 Å². The van der Waals surface area contributed by atoms with Crippen molar-refractivity contribution in [2.24, 2.45) is 11.8 Å². The van der Waals surface area contributed by atoms with Gasteiger partial charge in [-0.15, -0.1) is 0 Å². The van der Waals surface area contributed by atoms with Gasteiger partial charge in [-0.25, -0.2) is 0 Å². The summed E-state index contributed by atoms with van der Waals surface area (Å²) in [5, 5.41) is 9.09. The summed E-state index contributed by atoms with van der Waals surface area (Å²) in [7, 11) is 3.77. The first-order valence-electron chi connectivity index (χ1n) is 9.22. The van der Waals surface area contributed by atoms with Crippen molar-refractivity contribution in [2.75, 3.05) is 40.3 Å². The molecule has 0 spiro atoms. The Morgan fingerprint density at radius 2 is 1.80 bits per heavy atom. The lowest BCUT2D eigenvalue weighted by Crippen LogP contribution is -2.44. The van der Waals surface area contributed by atoms with Gasteiger partial charge in [0.2, 0.25) is 11.8 Å². The lowest BCUT2D eigenvalue weighted by molar-refractivity contribution is -0.146. The molecule has 1 heterocycles. The quantitative estimate of drug-likeness (QED) is 0.735. The third-order valence-corrected chi connectivity index (χ3v) is 5.39. The highest BCUT2D eigenvalue weighted by Gasteiger charge is 2.40. The molecule has 2 aliphatic rings. The largest absolute Gasteiger partial charge is 0.480 e. The van der Waals surface area contributed by atoms with Crippen molar-refractivity contribution in [3.8, 4) is 0 Å². The van der Waals surface area contributed by atoms with Crippen molar-refractivity contribution >= 4 is 17.8 Å². The minimum absolute atomic E-state index is 0.0424. The highest BCUT2D eigenvalue weighted by Crippen LogP contribution is 2.31. The maximum Gasteiger partial charge on any atom is 0.323 e. The van der Waals surface area contributed by atoms with Crippen LogP contribution in [0.4, 0.5) is 0 Å². The molecule has 1 atom stereocenters. The molecule has 25 heavy (non-hydrogen) atoms. The molecule has 7 nitrogen and oxygen atoms in total. The van der Waals surface area contributed by atoms with Crippen LogP contribution in [-0.2, 0) is 14.4 Å². The number of hydrogen-bond donors (Lipinski definition) is 1. The summed E-state index contributed by atoms with van der Waals surface area (Å²) in [6.45, 7) is 3.34. The Kier molecular flexibility index (Phi) is 6.81. The lowest BCUT2D eigenvalue weighted by atomic mass is 9.86. The predicted molar refractivity (Wildman–Crippen MR) is 94.0 cm³/mol. The molecule has 2 amide bonds. The van der Waals surface area contributed by atoms with E-state index in [1.807, 2.05) is 23.9 Å². The standard InChI is InChI=1S/C18H31N3O4/c1-13-4-6-15(7-5-13)21-11-14(10-16(21)22)18(25)20(12-17(23)24)9-8-19(2)3/h13-15H,4-12H2,1-3H3,(H,23,24)/t13?,14-,15?/m1/s1. The van der Waals surface area contributed by atoms with Crippen molar-refractivity contribution in [1.82, 2.24) is 14.7 Å². The summed E-state index contributed by atoms with van der Waals surface area (Å²) < 4.78 is 0. The smallest absolute Gasteiger partial charge is 0.323 e. The molecule has 0 aromatic heterocycles. The van der Waals surface area contributed by atoms with E-state index in [-0.39, 0.29) is 30.8 Å². The third kappa shape index (κ3) is 5.42. The molecule has 2 fully saturated rings. The van der Waals surface area contributed by atoms with Gasteiger partial charge < -0.3 is 19.8 Å². The van der Waals surface area contributed by atoms with Crippen molar-refractivity contribution < 1.29 is 19.5 Å². The van der Waals surface area contributed by atoms with Crippen LogP contribution in [0.2, 0.25) is 0 Å². The monoisotopic (exact) mass is 353 g/mol. The number of nitrogens with zero attached hydrogens (tertiary/aromatic N) is 3. The fraction of sp³-hybridized carbons (Fsp3) is 0.833. The molecular weight excluding hydrogens is 322 g/mol. The molecule has 1 saturated carbocycles. The van der Waals surface area contributed by atoms with Crippen LogP contribution in [-0.4, -0.2) is 83.9 Å². The number of likely N-dealkylation sites (N-methyl/N-ethyl adjacent to an activating group) is 1. The normalized spacial score (nSPS) is 27.0. The molecule has 7 heteroatoms. The SMILES string of the molecule is CC1CCC(N2C[C@H](C(=O)N(CCN(C)C)CC(=O)O)CC2=O)CC1. The Hall–Kier alpha value is -1.63. The fourth-order valence-corrected chi connectivity index (χ4v) is 3.81. The zero-order chi connectivity index (χ0) is 18.6. The Labute approximate surface area is 149 Å². The molecular formula is C18H31N3O4. The lowest BCUT2D eigenvalue weighted by Gasteiger charge is -2.34. The van der Waals surface area contributed by atoms with Crippen molar-refractivity contribution in [3.05, 3.63) is 0 Å². The zero-order valence-corrected chi connectivity index (χ0v) is 15.6. The molecule has 1 aliphatic carbocycles. The number of rotatable bonds is 7. The summed E-state index contributed by atoms with van der Waals surface area (Å²) in [6, 6.07) is 0.246. The van der Waals surface area contributed by atoms with Crippen LogP contribution in [0.15, 0.2) is 0 Å². The van der Waals surface area contributed by atoms with Crippen molar-refractivity contribution in [3.63, 3.8) is 0 Å². The second kappa shape index (κ2) is 8.65. The van der Waals surface area contributed by atoms with E-state index in [1.165, 1.54) is 4.90 Å². The maximum absolute atomic E-state index is 12.8. The third-order valence-electron chi connectivity index (χ3n) is 5.39. The molecule has 0 aromatic rings. The molecule has 0 radical (unpaired) electrons. The van der Waals surface area contributed by atoms with Crippen molar-refractivity contribution in [1.29, 1.82) is 0 Å². The number of carbonyl (C=O) groups is 3. The van der Waals surface area contributed by atoms with E-state index in [1.54, 1.807) is 0 Å². The van der Waals surface area contributed by atoms with Crippen LogP contribution in [0.1, 0.15) is 39.0 Å². The first-order chi connectivity index (χ1) is 11.8. The molecule has 0 unspecified atom stereocenters. The average Bonchev–Trinajstić information content (AvgIpc) is 2.93. The highest BCUT2D eigenvalue weighted by atomic mass is 16.4. The van der Waals surface area contributed by atoms with Crippen LogP contribution in [0.25, 0.3) is 0 Å². The fourth-order valence-electron chi connectivity index (χ4n) is 3.81. The summed E-state index contributed by atoms with van der Waals surface area (Å²) in [6.07, 6.45) is 4.48. The summed E-state index contributed by atoms with van der Waals surface area (Å²) in [4.78, 5) is 41.5. The number of carbonyl (C=O) groups excluding carboxylic acids is 2. The number of amides is 2. The highest BCUT2D eigenvalue weighted by molar-refractivity contribution is 5.90. The topological polar surface area (TPSA) is 81.2 Å². The minimum atomic E-state index is -1.02. The predicted octanol–water partition coefficient (Wildman–Crippen LogP) is 0.888. The number of hydrogen-bond acceptors (Lipinski definition) is 4. The van der Waals surface area contributed by atoms with E-state index in [9.17, 15) is 14.4 Å². The van der Waals surface area contributed by atoms with Crippen LogP contribution < -0.4 is 0 Å². The number of aliphatic carboxylic acids is 1. The Bertz CT molecular complexity index is 501. The molecule has 0 aromatic carbocycles. The van der Waals surface area contributed by atoms with Crippen LogP contribution in [0, 0.1) is 11.8 Å². The average molecular weight is 353 g/mol. The second-order valence-electron chi connectivity index (χ2n) is 7.82. The van der Waals surface area contributed by atoms with E-state index < -0.39 is 11.9 Å². The molecule has 2 rings (SSSR count). The van der Waals surface area contributed by atoms with Gasteiger partial charge in [0, 0.05) is 32.1 Å². The Morgan fingerprint density at radius 1 is 1.16 bits per heavy atom. The maximum atomic E-state index is 12.8. The molecule has 1 N–H and O–H groups in total. The minimum Gasteiger partial charge on any atom is -0.480 e. The van der Waals surface area contributed by atoms with Crippen molar-refractivity contribution in [2.45, 2.75) is 45.1 Å². The van der Waals surface area contributed by atoms with E-state index >= 15 is 0 Å². The van der Waals surface area contributed by atoms with Gasteiger partial charge in [0.15, 0.2) is 0 Å². The second-order valence-corrected chi connectivity index (χ2v) is 7.82. The summed E-state index contributed by atoms with van der Waals surface area (Å²) in [5.41, 5.74) is 0. The van der Waals surface area contributed by atoms with Crippen LogP contribution in [0.3, 0.4) is 0 Å². The zero-order valence-electron chi connectivity index (χ0n) is 15.6. The van der Waals surface area contributed by atoms with Gasteiger partial charge >= 0.3 is 5.97 Å². The number of likely N-dealkylation sites (tertiary alicyclic amines) is 1. The number of carboxylic acids is 1.